The van der Waals surface area contributed by atoms with E-state index >= 15 is 0 Å². The van der Waals surface area contributed by atoms with Crippen molar-refractivity contribution in [2.24, 2.45) is 0 Å². The van der Waals surface area contributed by atoms with E-state index in [4.69, 9.17) is 4.74 Å². The number of aryl methyl sites for hydroxylation is 1. The van der Waals surface area contributed by atoms with Crippen LogP contribution in [0.15, 0.2) is 60.4 Å². The van der Waals surface area contributed by atoms with Crippen molar-refractivity contribution in [3.8, 4) is 0 Å². The Morgan fingerprint density at radius 1 is 1.28 bits per heavy atom. The number of Topliss-reactive ketones (excluding diaryl/α,β-unsaturated/α-hetero) is 1. The van der Waals surface area contributed by atoms with Crippen LogP contribution < -0.4 is 0 Å². The fourth-order valence-corrected chi connectivity index (χ4v) is 1.54. The summed E-state index contributed by atoms with van der Waals surface area (Å²) in [5, 5.41) is 0. The Balaban J connectivity index is 2.98. The van der Waals surface area contributed by atoms with E-state index in [2.05, 4.69) is 6.58 Å². The smallest absolute Gasteiger partial charge is 0.192 e. The van der Waals surface area contributed by atoms with Crippen LogP contribution in [0.4, 0.5) is 0 Å². The van der Waals surface area contributed by atoms with E-state index < -0.39 is 0 Å². The summed E-state index contributed by atoms with van der Waals surface area (Å²) in [6.45, 7) is 7.45. The van der Waals surface area contributed by atoms with Crippen LogP contribution in [-0.4, -0.2) is 12.9 Å². The molecule has 0 spiro atoms. The molecular formula is C16H18O2. The molecule has 1 aromatic rings. The molecule has 0 N–H and O–H groups in total. The summed E-state index contributed by atoms with van der Waals surface area (Å²) in [4.78, 5) is 12.3. The van der Waals surface area contributed by atoms with Crippen LogP contribution in [0.2, 0.25) is 0 Å². The molecule has 0 aliphatic rings. The number of rotatable bonds is 5. The highest BCUT2D eigenvalue weighted by atomic mass is 16.5. The molecule has 0 unspecified atom stereocenters. The fraction of sp³-hybridized carbons (Fsp3) is 0.188. The van der Waals surface area contributed by atoms with Gasteiger partial charge in [-0.1, -0.05) is 36.9 Å². The van der Waals surface area contributed by atoms with Crippen molar-refractivity contribution in [1.29, 1.82) is 0 Å². The molecule has 2 nitrogen and oxygen atoms in total. The van der Waals surface area contributed by atoms with Gasteiger partial charge in [0.05, 0.1) is 7.11 Å². The van der Waals surface area contributed by atoms with Gasteiger partial charge < -0.3 is 4.74 Å². The molecule has 0 aliphatic carbocycles. The lowest BCUT2D eigenvalue weighted by atomic mass is 9.98. The van der Waals surface area contributed by atoms with E-state index in [0.717, 1.165) is 11.1 Å². The first-order valence-electron chi connectivity index (χ1n) is 5.77. The van der Waals surface area contributed by atoms with E-state index in [9.17, 15) is 4.79 Å². The van der Waals surface area contributed by atoms with E-state index in [-0.39, 0.29) is 5.78 Å². The normalized spacial score (nSPS) is 11.6. The summed E-state index contributed by atoms with van der Waals surface area (Å²) in [7, 11) is 1.55. The molecule has 0 bridgehead atoms. The number of benzene rings is 1. The van der Waals surface area contributed by atoms with Crippen LogP contribution >= 0.6 is 0 Å². The quantitative estimate of drug-likeness (QED) is 0.339. The Labute approximate surface area is 108 Å². The molecule has 0 amide bonds. The largest absolute Gasteiger partial charge is 0.497 e. The van der Waals surface area contributed by atoms with Crippen LogP contribution in [0.25, 0.3) is 0 Å². The Bertz CT molecular complexity index is 508. The Hall–Kier alpha value is -2.09. The zero-order valence-electron chi connectivity index (χ0n) is 11.1. The first kappa shape index (κ1) is 14.0. The second kappa shape index (κ2) is 6.60. The average molecular weight is 242 g/mol. The van der Waals surface area contributed by atoms with Gasteiger partial charge in [-0.15, -0.1) is 0 Å². The maximum absolute atomic E-state index is 12.3. The molecule has 18 heavy (non-hydrogen) atoms. The van der Waals surface area contributed by atoms with Crippen molar-refractivity contribution < 1.29 is 9.53 Å². The van der Waals surface area contributed by atoms with Crippen LogP contribution in [0.5, 0.6) is 0 Å². The standard InChI is InChI=1S/C16H18O2/c1-5-14(11-10-13(3)18-4)16(17)15-9-7-6-8-12(15)2/h5-11H,3H2,1-2,4H3/b11-10-,14-5+. The third-order valence-electron chi connectivity index (χ3n) is 2.67. The molecule has 94 valence electrons. The van der Waals surface area contributed by atoms with Crippen molar-refractivity contribution in [3.05, 3.63) is 71.5 Å². The molecule has 2 heteroatoms. The summed E-state index contributed by atoms with van der Waals surface area (Å²) < 4.78 is 4.93. The summed E-state index contributed by atoms with van der Waals surface area (Å²) in [6, 6.07) is 7.55. The second-order valence-corrected chi connectivity index (χ2v) is 3.89. The minimum Gasteiger partial charge on any atom is -0.497 e. The molecule has 0 aliphatic heterocycles. The highest BCUT2D eigenvalue weighted by Crippen LogP contribution is 2.14. The van der Waals surface area contributed by atoms with Gasteiger partial charge in [0.15, 0.2) is 5.78 Å². The summed E-state index contributed by atoms with van der Waals surface area (Å²) in [6.07, 6.45) is 5.19. The number of ketones is 1. The Kier molecular flexibility index (Phi) is 5.12. The van der Waals surface area contributed by atoms with Gasteiger partial charge in [-0.3, -0.25) is 4.79 Å². The number of hydrogen-bond donors (Lipinski definition) is 0. The number of allylic oxidation sites excluding steroid dienone is 4. The van der Waals surface area contributed by atoms with Crippen LogP contribution in [0.1, 0.15) is 22.8 Å². The molecule has 1 rings (SSSR count). The van der Waals surface area contributed by atoms with Gasteiger partial charge in [-0.05, 0) is 31.6 Å². The predicted molar refractivity (Wildman–Crippen MR) is 74.6 cm³/mol. The van der Waals surface area contributed by atoms with Gasteiger partial charge >= 0.3 is 0 Å². The number of carbonyl (C=O) groups excluding carboxylic acids is 1. The Morgan fingerprint density at radius 3 is 2.50 bits per heavy atom. The van der Waals surface area contributed by atoms with Gasteiger partial charge in [0.25, 0.3) is 0 Å². The second-order valence-electron chi connectivity index (χ2n) is 3.89. The minimum atomic E-state index is 0.00996. The van der Waals surface area contributed by atoms with Crippen molar-refractivity contribution in [2.45, 2.75) is 13.8 Å². The Morgan fingerprint density at radius 2 is 1.94 bits per heavy atom. The molecule has 0 radical (unpaired) electrons. The maximum atomic E-state index is 12.3. The monoisotopic (exact) mass is 242 g/mol. The van der Waals surface area contributed by atoms with Crippen molar-refractivity contribution in [3.63, 3.8) is 0 Å². The van der Waals surface area contributed by atoms with Crippen LogP contribution in [0.3, 0.4) is 0 Å². The first-order chi connectivity index (χ1) is 8.60. The summed E-state index contributed by atoms with van der Waals surface area (Å²) in [5.41, 5.74) is 2.32. The number of hydrogen-bond acceptors (Lipinski definition) is 2. The molecule has 1 aromatic carbocycles. The zero-order chi connectivity index (χ0) is 13.5. The van der Waals surface area contributed by atoms with Gasteiger partial charge in [-0.25, -0.2) is 0 Å². The number of ether oxygens (including phenoxy) is 1. The molecule has 0 fully saturated rings. The molecule has 0 aromatic heterocycles. The lowest BCUT2D eigenvalue weighted by molar-refractivity contribution is 0.103. The van der Waals surface area contributed by atoms with Crippen molar-refractivity contribution in [1.82, 2.24) is 0 Å². The average Bonchev–Trinajstić information content (AvgIpc) is 2.39. The minimum absolute atomic E-state index is 0.00996. The third kappa shape index (κ3) is 3.45. The first-order valence-corrected chi connectivity index (χ1v) is 5.77. The van der Waals surface area contributed by atoms with Crippen molar-refractivity contribution in [2.75, 3.05) is 7.11 Å². The lowest BCUT2D eigenvalue weighted by Gasteiger charge is -2.05. The molecule has 0 heterocycles. The van der Waals surface area contributed by atoms with Gasteiger partial charge in [-0.2, -0.15) is 0 Å². The lowest BCUT2D eigenvalue weighted by Crippen LogP contribution is -2.03. The van der Waals surface area contributed by atoms with E-state index in [0.29, 0.717) is 11.3 Å². The molecule has 0 saturated carbocycles. The van der Waals surface area contributed by atoms with Crippen LogP contribution in [-0.2, 0) is 4.74 Å². The van der Waals surface area contributed by atoms with Gasteiger partial charge in [0.1, 0.15) is 5.76 Å². The molecule has 0 atom stereocenters. The van der Waals surface area contributed by atoms with E-state index in [1.54, 1.807) is 25.3 Å². The maximum Gasteiger partial charge on any atom is 0.192 e. The van der Waals surface area contributed by atoms with E-state index in [1.807, 2.05) is 38.1 Å². The number of carbonyl (C=O) groups is 1. The highest BCUT2D eigenvalue weighted by molar-refractivity contribution is 6.11. The van der Waals surface area contributed by atoms with E-state index in [1.165, 1.54) is 0 Å². The predicted octanol–water partition coefficient (Wildman–Crippen LogP) is 3.84. The number of methoxy groups -OCH3 is 1. The highest BCUT2D eigenvalue weighted by Gasteiger charge is 2.10. The third-order valence-corrected chi connectivity index (χ3v) is 2.67. The zero-order valence-corrected chi connectivity index (χ0v) is 11.1. The van der Waals surface area contributed by atoms with Crippen molar-refractivity contribution >= 4 is 5.78 Å². The fourth-order valence-electron chi connectivity index (χ4n) is 1.54. The van der Waals surface area contributed by atoms with Gasteiger partial charge in [0, 0.05) is 11.1 Å². The summed E-state index contributed by atoms with van der Waals surface area (Å²) >= 11 is 0. The summed E-state index contributed by atoms with van der Waals surface area (Å²) in [5.74, 6) is 0.530. The van der Waals surface area contributed by atoms with Crippen LogP contribution in [0, 0.1) is 6.92 Å². The van der Waals surface area contributed by atoms with Gasteiger partial charge in [0.2, 0.25) is 0 Å². The topological polar surface area (TPSA) is 26.3 Å². The molecule has 0 saturated heterocycles. The SMILES string of the molecule is C=C(/C=C\C(=C/C)C(=O)c1ccccc1C)OC. The molecular weight excluding hydrogens is 224 g/mol.